The van der Waals surface area contributed by atoms with Crippen LogP contribution in [-0.2, 0) is 27.4 Å². The van der Waals surface area contributed by atoms with Gasteiger partial charge >= 0.3 is 0 Å². The van der Waals surface area contributed by atoms with Crippen molar-refractivity contribution in [3.8, 4) is 0 Å². The van der Waals surface area contributed by atoms with E-state index in [0.29, 0.717) is 25.1 Å². The fourth-order valence-electron chi connectivity index (χ4n) is 5.78. The van der Waals surface area contributed by atoms with E-state index in [1.54, 1.807) is 4.90 Å². The Bertz CT molecular complexity index is 905. The topological polar surface area (TPSA) is 99.8 Å². The third-order valence-corrected chi connectivity index (χ3v) is 7.55. The van der Waals surface area contributed by atoms with Crippen LogP contribution in [0.3, 0.4) is 0 Å². The zero-order valence-electron chi connectivity index (χ0n) is 17.9. The standard InChI is InChI=1S/C23H30N4O4/c1-14-20(23(13-31-14)7-9-24-10-8-23)25-11-15-3-2-4-16-17(15)12-27(22(16)30)18-5-6-19(28)26-21(18)29/h2-4,14,18,20,24-25H,5-13H2,1H3,(H,26,28,29). The van der Waals surface area contributed by atoms with Gasteiger partial charge in [-0.15, -0.1) is 0 Å². The van der Waals surface area contributed by atoms with E-state index < -0.39 is 6.04 Å². The number of piperidine rings is 2. The molecule has 8 heteroatoms. The van der Waals surface area contributed by atoms with Gasteiger partial charge in [-0.05, 0) is 56.5 Å². The van der Waals surface area contributed by atoms with Crippen LogP contribution in [0.1, 0.15) is 54.1 Å². The highest BCUT2D eigenvalue weighted by Gasteiger charge is 2.48. The fraction of sp³-hybridized carbons (Fsp3) is 0.609. The molecule has 8 nitrogen and oxygen atoms in total. The Hall–Kier alpha value is -2.29. The second kappa shape index (κ2) is 8.00. The van der Waals surface area contributed by atoms with Crippen molar-refractivity contribution < 1.29 is 19.1 Å². The molecule has 0 aliphatic carbocycles. The lowest BCUT2D eigenvalue weighted by Crippen LogP contribution is -2.52. The number of imide groups is 1. The van der Waals surface area contributed by atoms with Crippen LogP contribution in [0.25, 0.3) is 0 Å². The summed E-state index contributed by atoms with van der Waals surface area (Å²) in [6.45, 7) is 6.03. The highest BCUT2D eigenvalue weighted by Crippen LogP contribution is 2.41. The largest absolute Gasteiger partial charge is 0.376 e. The molecule has 4 heterocycles. The molecule has 5 rings (SSSR count). The van der Waals surface area contributed by atoms with Gasteiger partial charge in [0.2, 0.25) is 11.8 Å². The molecule has 0 radical (unpaired) electrons. The van der Waals surface area contributed by atoms with Crippen LogP contribution in [0.4, 0.5) is 0 Å². The molecule has 3 amide bonds. The lowest BCUT2D eigenvalue weighted by atomic mass is 9.73. The molecular formula is C23H30N4O4. The molecule has 0 saturated carbocycles. The van der Waals surface area contributed by atoms with E-state index in [2.05, 4.69) is 28.9 Å². The van der Waals surface area contributed by atoms with Gasteiger partial charge in [0, 0.05) is 36.5 Å². The summed E-state index contributed by atoms with van der Waals surface area (Å²) in [7, 11) is 0. The van der Waals surface area contributed by atoms with Crippen molar-refractivity contribution in [1.29, 1.82) is 0 Å². The SMILES string of the molecule is CC1OCC2(CCNCC2)C1NCc1cccc2c1CN(C1CCC(=O)NC1=O)C2=O. The van der Waals surface area contributed by atoms with E-state index in [9.17, 15) is 14.4 Å². The summed E-state index contributed by atoms with van der Waals surface area (Å²) in [6.07, 6.45) is 3.00. The van der Waals surface area contributed by atoms with Gasteiger partial charge in [-0.2, -0.15) is 0 Å². The number of fused-ring (bicyclic) bond motifs is 1. The normalized spacial score (nSPS) is 30.0. The number of carbonyl (C=O) groups is 3. The summed E-state index contributed by atoms with van der Waals surface area (Å²) in [6, 6.07) is 5.50. The molecule has 0 aromatic heterocycles. The smallest absolute Gasteiger partial charge is 0.255 e. The number of hydrogen-bond donors (Lipinski definition) is 3. The van der Waals surface area contributed by atoms with Crippen molar-refractivity contribution in [1.82, 2.24) is 20.9 Å². The van der Waals surface area contributed by atoms with Crippen LogP contribution in [0.5, 0.6) is 0 Å². The fourth-order valence-corrected chi connectivity index (χ4v) is 5.78. The summed E-state index contributed by atoms with van der Waals surface area (Å²) in [5, 5.41) is 9.57. The van der Waals surface area contributed by atoms with Gasteiger partial charge in [0.05, 0.1) is 12.7 Å². The van der Waals surface area contributed by atoms with E-state index in [1.165, 1.54) is 0 Å². The third kappa shape index (κ3) is 3.56. The first-order valence-corrected chi connectivity index (χ1v) is 11.3. The quantitative estimate of drug-likeness (QED) is 0.613. The van der Waals surface area contributed by atoms with E-state index in [-0.39, 0.29) is 41.7 Å². The molecule has 166 valence electrons. The minimum absolute atomic E-state index is 0.126. The summed E-state index contributed by atoms with van der Waals surface area (Å²) >= 11 is 0. The predicted molar refractivity (Wildman–Crippen MR) is 113 cm³/mol. The van der Waals surface area contributed by atoms with Crippen molar-refractivity contribution in [3.05, 3.63) is 34.9 Å². The van der Waals surface area contributed by atoms with Crippen LogP contribution in [0, 0.1) is 5.41 Å². The molecular weight excluding hydrogens is 396 g/mol. The number of ether oxygens (including phenoxy) is 1. The van der Waals surface area contributed by atoms with E-state index in [0.717, 1.165) is 43.7 Å². The van der Waals surface area contributed by atoms with Gasteiger partial charge in [0.15, 0.2) is 0 Å². The molecule has 3 N–H and O–H groups in total. The van der Waals surface area contributed by atoms with Crippen LogP contribution >= 0.6 is 0 Å². The van der Waals surface area contributed by atoms with Crippen molar-refractivity contribution in [3.63, 3.8) is 0 Å². The van der Waals surface area contributed by atoms with Crippen LogP contribution in [0.2, 0.25) is 0 Å². The monoisotopic (exact) mass is 426 g/mol. The first kappa shape index (κ1) is 20.6. The van der Waals surface area contributed by atoms with E-state index in [4.69, 9.17) is 4.74 Å². The Morgan fingerprint density at radius 2 is 2.03 bits per heavy atom. The van der Waals surface area contributed by atoms with E-state index >= 15 is 0 Å². The number of hydrogen-bond acceptors (Lipinski definition) is 6. The van der Waals surface area contributed by atoms with Gasteiger partial charge in [-0.1, -0.05) is 12.1 Å². The molecule has 31 heavy (non-hydrogen) atoms. The Kier molecular flexibility index (Phi) is 5.32. The van der Waals surface area contributed by atoms with Gasteiger partial charge in [-0.3, -0.25) is 19.7 Å². The number of carbonyl (C=O) groups excluding carboxylic acids is 3. The molecule has 3 fully saturated rings. The third-order valence-electron chi connectivity index (χ3n) is 7.55. The Morgan fingerprint density at radius 3 is 2.81 bits per heavy atom. The molecule has 1 aromatic rings. The van der Waals surface area contributed by atoms with E-state index in [1.807, 2.05) is 12.1 Å². The number of amides is 3. The minimum atomic E-state index is -0.584. The first-order chi connectivity index (χ1) is 15.0. The molecule has 4 aliphatic rings. The maximum absolute atomic E-state index is 13.0. The average Bonchev–Trinajstić information content (AvgIpc) is 3.25. The molecule has 1 aromatic carbocycles. The zero-order valence-corrected chi connectivity index (χ0v) is 17.9. The number of nitrogens with zero attached hydrogens (tertiary/aromatic N) is 1. The minimum Gasteiger partial charge on any atom is -0.376 e. The average molecular weight is 427 g/mol. The van der Waals surface area contributed by atoms with Crippen molar-refractivity contribution in [2.75, 3.05) is 19.7 Å². The zero-order chi connectivity index (χ0) is 21.6. The van der Waals surface area contributed by atoms with Gasteiger partial charge < -0.3 is 20.3 Å². The highest BCUT2D eigenvalue weighted by molar-refractivity contribution is 6.05. The summed E-state index contributed by atoms with van der Waals surface area (Å²) < 4.78 is 6.05. The van der Waals surface area contributed by atoms with Gasteiger partial charge in [0.1, 0.15) is 6.04 Å². The maximum Gasteiger partial charge on any atom is 0.255 e. The summed E-state index contributed by atoms with van der Waals surface area (Å²) in [5.74, 6) is -0.768. The molecule has 1 spiro atoms. The van der Waals surface area contributed by atoms with Gasteiger partial charge in [-0.25, -0.2) is 0 Å². The van der Waals surface area contributed by atoms with Crippen molar-refractivity contribution >= 4 is 17.7 Å². The molecule has 0 bridgehead atoms. The highest BCUT2D eigenvalue weighted by atomic mass is 16.5. The second-order valence-corrected chi connectivity index (χ2v) is 9.33. The lowest BCUT2D eigenvalue weighted by molar-refractivity contribution is -0.136. The predicted octanol–water partition coefficient (Wildman–Crippen LogP) is 0.694. The molecule has 3 atom stereocenters. The maximum atomic E-state index is 13.0. The van der Waals surface area contributed by atoms with Crippen LogP contribution in [-0.4, -0.2) is 60.5 Å². The number of nitrogens with one attached hydrogen (secondary N) is 3. The van der Waals surface area contributed by atoms with Gasteiger partial charge in [0.25, 0.3) is 5.91 Å². The number of rotatable bonds is 4. The molecule has 3 unspecified atom stereocenters. The van der Waals surface area contributed by atoms with Crippen LogP contribution < -0.4 is 16.0 Å². The summed E-state index contributed by atoms with van der Waals surface area (Å²) in [5.41, 5.74) is 2.90. The lowest BCUT2D eigenvalue weighted by Gasteiger charge is -2.39. The Labute approximate surface area is 182 Å². The Balaban J connectivity index is 1.33. The second-order valence-electron chi connectivity index (χ2n) is 9.33. The van der Waals surface area contributed by atoms with Crippen LogP contribution in [0.15, 0.2) is 18.2 Å². The summed E-state index contributed by atoms with van der Waals surface area (Å²) in [4.78, 5) is 38.5. The molecule has 4 aliphatic heterocycles. The first-order valence-electron chi connectivity index (χ1n) is 11.3. The van der Waals surface area contributed by atoms with Crippen molar-refractivity contribution in [2.24, 2.45) is 5.41 Å². The number of benzene rings is 1. The Morgan fingerprint density at radius 1 is 1.23 bits per heavy atom. The molecule has 3 saturated heterocycles. The van der Waals surface area contributed by atoms with Crippen molar-refractivity contribution in [2.45, 2.75) is 63.9 Å².